The third-order valence-electron chi connectivity index (χ3n) is 9.23. The molecule has 0 bridgehead atoms. The summed E-state index contributed by atoms with van der Waals surface area (Å²) in [6.07, 6.45) is 0. The van der Waals surface area contributed by atoms with Crippen LogP contribution in [0.5, 0.6) is 0 Å². The summed E-state index contributed by atoms with van der Waals surface area (Å²) < 4.78 is 6.42. The van der Waals surface area contributed by atoms with Crippen molar-refractivity contribution in [3.63, 3.8) is 0 Å². The van der Waals surface area contributed by atoms with Crippen LogP contribution in [0.2, 0.25) is 0 Å². The van der Waals surface area contributed by atoms with Gasteiger partial charge in [-0.05, 0) is 72.3 Å². The van der Waals surface area contributed by atoms with E-state index >= 15 is 0 Å². The Labute approximate surface area is 232 Å². The van der Waals surface area contributed by atoms with Crippen molar-refractivity contribution in [3.05, 3.63) is 132 Å². The molecular formula is C39H26O. The lowest BCUT2D eigenvalue weighted by atomic mass is 9.78. The van der Waals surface area contributed by atoms with Gasteiger partial charge in [-0.15, -0.1) is 0 Å². The summed E-state index contributed by atoms with van der Waals surface area (Å²) >= 11 is 0. The quantitative estimate of drug-likeness (QED) is 0.200. The van der Waals surface area contributed by atoms with E-state index in [1.807, 2.05) is 6.07 Å². The smallest absolute Gasteiger partial charge is 0.143 e. The summed E-state index contributed by atoms with van der Waals surface area (Å²) in [5, 5.41) is 10.3. The van der Waals surface area contributed by atoms with Crippen LogP contribution >= 0.6 is 0 Å². The van der Waals surface area contributed by atoms with Crippen LogP contribution < -0.4 is 0 Å². The van der Waals surface area contributed by atoms with Gasteiger partial charge in [0.1, 0.15) is 11.2 Å². The molecule has 0 saturated heterocycles. The summed E-state index contributed by atoms with van der Waals surface area (Å²) in [5.74, 6) is 0. The average Bonchev–Trinajstić information content (AvgIpc) is 3.49. The fourth-order valence-electron chi connectivity index (χ4n) is 7.44. The van der Waals surface area contributed by atoms with Crippen molar-refractivity contribution in [2.45, 2.75) is 19.3 Å². The van der Waals surface area contributed by atoms with E-state index in [0.717, 1.165) is 16.7 Å². The van der Waals surface area contributed by atoms with E-state index < -0.39 is 0 Å². The summed E-state index contributed by atoms with van der Waals surface area (Å²) in [4.78, 5) is 0. The van der Waals surface area contributed by atoms with Crippen molar-refractivity contribution in [3.8, 4) is 22.3 Å². The van der Waals surface area contributed by atoms with Crippen molar-refractivity contribution in [2.24, 2.45) is 0 Å². The van der Waals surface area contributed by atoms with Gasteiger partial charge >= 0.3 is 0 Å². The van der Waals surface area contributed by atoms with Gasteiger partial charge in [-0.1, -0.05) is 123 Å². The molecule has 1 heteroatoms. The Balaban J connectivity index is 1.33. The van der Waals surface area contributed by atoms with Gasteiger partial charge in [0.2, 0.25) is 0 Å². The molecule has 0 unspecified atom stereocenters. The second kappa shape index (κ2) is 7.61. The van der Waals surface area contributed by atoms with E-state index in [1.54, 1.807) is 0 Å². The Morgan fingerprint density at radius 2 is 1.07 bits per heavy atom. The van der Waals surface area contributed by atoms with E-state index in [2.05, 4.69) is 129 Å². The lowest BCUT2D eigenvalue weighted by Gasteiger charge is -2.25. The highest BCUT2D eigenvalue weighted by Gasteiger charge is 2.38. The predicted octanol–water partition coefficient (Wildman–Crippen LogP) is 11.0. The number of hydrogen-bond donors (Lipinski definition) is 0. The van der Waals surface area contributed by atoms with Crippen LogP contribution in [0.4, 0.5) is 0 Å². The van der Waals surface area contributed by atoms with Crippen LogP contribution in [0.15, 0.2) is 126 Å². The molecule has 188 valence electrons. The number of furan rings is 1. The molecule has 1 nitrogen and oxygen atoms in total. The van der Waals surface area contributed by atoms with Gasteiger partial charge in [-0.25, -0.2) is 0 Å². The molecule has 0 radical (unpaired) electrons. The normalized spacial score (nSPS) is 13.9. The monoisotopic (exact) mass is 510 g/mol. The van der Waals surface area contributed by atoms with E-state index in [4.69, 9.17) is 4.42 Å². The number of hydrogen-bond acceptors (Lipinski definition) is 1. The highest BCUT2D eigenvalue weighted by molar-refractivity contribution is 6.27. The zero-order valence-electron chi connectivity index (χ0n) is 22.5. The Bertz CT molecular complexity index is 2310. The molecule has 0 amide bonds. The van der Waals surface area contributed by atoms with E-state index in [0.29, 0.717) is 0 Å². The van der Waals surface area contributed by atoms with Crippen LogP contribution in [0, 0.1) is 0 Å². The van der Waals surface area contributed by atoms with Gasteiger partial charge in [-0.2, -0.15) is 0 Å². The third-order valence-corrected chi connectivity index (χ3v) is 9.23. The second-order valence-electron chi connectivity index (χ2n) is 11.7. The summed E-state index contributed by atoms with van der Waals surface area (Å²) in [6.45, 7) is 4.79. The number of para-hydroxylation sites is 2. The highest BCUT2D eigenvalue weighted by atomic mass is 16.3. The summed E-state index contributed by atoms with van der Waals surface area (Å²) in [5.41, 5.74) is 9.56. The highest BCUT2D eigenvalue weighted by Crippen LogP contribution is 2.54. The van der Waals surface area contributed by atoms with Crippen molar-refractivity contribution in [2.75, 3.05) is 0 Å². The van der Waals surface area contributed by atoms with Crippen LogP contribution in [0.3, 0.4) is 0 Å². The first kappa shape index (κ1) is 22.0. The molecule has 0 spiro atoms. The summed E-state index contributed by atoms with van der Waals surface area (Å²) in [6, 6.07) is 44.3. The van der Waals surface area contributed by atoms with Crippen LogP contribution in [-0.2, 0) is 5.41 Å². The standard InChI is InChI=1S/C39H26O/c1-39(2)34-22-23(24-15-9-16-33-29-13-7-8-17-35(29)40-38(24)33)18-19-28(34)32-21-20-31-27-12-4-3-10-25(27)26-11-5-6-14-30(26)36(31)37(32)39/h3-22H,1-2H3. The van der Waals surface area contributed by atoms with Gasteiger partial charge < -0.3 is 4.42 Å². The van der Waals surface area contributed by atoms with Crippen molar-refractivity contribution in [1.82, 2.24) is 0 Å². The Morgan fingerprint density at radius 1 is 0.475 bits per heavy atom. The molecule has 7 aromatic carbocycles. The maximum absolute atomic E-state index is 6.42. The lowest BCUT2D eigenvalue weighted by Crippen LogP contribution is -2.15. The Kier molecular flexibility index (Phi) is 4.18. The van der Waals surface area contributed by atoms with Crippen molar-refractivity contribution < 1.29 is 4.42 Å². The first-order chi connectivity index (χ1) is 19.6. The van der Waals surface area contributed by atoms with E-state index in [1.165, 1.54) is 70.9 Å². The van der Waals surface area contributed by atoms with Crippen LogP contribution in [0.25, 0.3) is 76.5 Å². The Morgan fingerprint density at radius 3 is 1.85 bits per heavy atom. The fraction of sp³-hybridized carbons (Fsp3) is 0.0769. The number of fused-ring (bicyclic) bond motifs is 13. The minimum absolute atomic E-state index is 0.160. The molecular weight excluding hydrogens is 484 g/mol. The molecule has 0 N–H and O–H groups in total. The van der Waals surface area contributed by atoms with Crippen LogP contribution in [-0.4, -0.2) is 0 Å². The van der Waals surface area contributed by atoms with Crippen molar-refractivity contribution in [1.29, 1.82) is 0 Å². The zero-order valence-corrected chi connectivity index (χ0v) is 22.5. The lowest BCUT2D eigenvalue weighted by molar-refractivity contribution is 0.665. The third kappa shape index (κ3) is 2.72. The molecule has 0 aliphatic heterocycles. The predicted molar refractivity (Wildman–Crippen MR) is 169 cm³/mol. The van der Waals surface area contributed by atoms with E-state index in [9.17, 15) is 0 Å². The molecule has 0 atom stereocenters. The first-order valence-corrected chi connectivity index (χ1v) is 14.0. The van der Waals surface area contributed by atoms with Crippen LogP contribution in [0.1, 0.15) is 25.0 Å². The molecule has 40 heavy (non-hydrogen) atoms. The Hall–Kier alpha value is -4.88. The van der Waals surface area contributed by atoms with Gasteiger partial charge in [-0.3, -0.25) is 0 Å². The minimum Gasteiger partial charge on any atom is -0.455 e. The van der Waals surface area contributed by atoms with E-state index in [-0.39, 0.29) is 5.41 Å². The second-order valence-corrected chi connectivity index (χ2v) is 11.7. The van der Waals surface area contributed by atoms with Gasteiger partial charge in [0.05, 0.1) is 0 Å². The summed E-state index contributed by atoms with van der Waals surface area (Å²) in [7, 11) is 0. The molecule has 0 fully saturated rings. The van der Waals surface area contributed by atoms with Gasteiger partial charge in [0.15, 0.2) is 0 Å². The molecule has 1 aliphatic carbocycles. The molecule has 1 heterocycles. The number of benzene rings is 7. The van der Waals surface area contributed by atoms with Gasteiger partial charge in [0, 0.05) is 21.8 Å². The molecule has 1 aliphatic rings. The topological polar surface area (TPSA) is 13.1 Å². The average molecular weight is 511 g/mol. The largest absolute Gasteiger partial charge is 0.455 e. The zero-order chi connectivity index (χ0) is 26.6. The fourth-order valence-corrected chi connectivity index (χ4v) is 7.44. The number of rotatable bonds is 1. The molecule has 1 aromatic heterocycles. The first-order valence-electron chi connectivity index (χ1n) is 14.0. The molecule has 8 aromatic rings. The van der Waals surface area contributed by atoms with Gasteiger partial charge in [0.25, 0.3) is 0 Å². The molecule has 9 rings (SSSR count). The SMILES string of the molecule is CC1(C)c2cc(-c3cccc4c3oc3ccccc34)ccc2-c2ccc3c4ccccc4c4ccccc4c3c21. The maximum Gasteiger partial charge on any atom is 0.143 e. The van der Waals surface area contributed by atoms with Crippen molar-refractivity contribution >= 4 is 54.3 Å². The molecule has 0 saturated carbocycles. The minimum atomic E-state index is -0.160. The maximum atomic E-state index is 6.42.